The summed E-state index contributed by atoms with van der Waals surface area (Å²) in [4.78, 5) is 22.0. The summed E-state index contributed by atoms with van der Waals surface area (Å²) in [5, 5.41) is 11.1. The highest BCUT2D eigenvalue weighted by molar-refractivity contribution is 5.94. The Morgan fingerprint density at radius 2 is 2.00 bits per heavy atom. The fourth-order valence-corrected chi connectivity index (χ4v) is 1.46. The first-order chi connectivity index (χ1) is 9.02. The monoisotopic (exact) mass is 266 g/mol. The summed E-state index contributed by atoms with van der Waals surface area (Å²) in [7, 11) is 0. The highest BCUT2D eigenvalue weighted by Crippen LogP contribution is 2.15. The molecule has 0 bridgehead atoms. The van der Waals surface area contributed by atoms with E-state index in [0.717, 1.165) is 6.42 Å². The highest BCUT2D eigenvalue weighted by atomic mass is 16.5. The lowest BCUT2D eigenvalue weighted by molar-refractivity contribution is -0.139. The van der Waals surface area contributed by atoms with Crippen LogP contribution in [0.25, 0.3) is 0 Å². The van der Waals surface area contributed by atoms with E-state index in [2.05, 4.69) is 5.32 Å². The third-order valence-electron chi connectivity index (χ3n) is 2.42. The summed E-state index contributed by atoms with van der Waals surface area (Å²) in [5.41, 5.74) is 6.28. The van der Waals surface area contributed by atoms with Gasteiger partial charge in [-0.1, -0.05) is 13.3 Å². The van der Waals surface area contributed by atoms with Gasteiger partial charge in [0.2, 0.25) is 5.91 Å². The molecule has 0 saturated heterocycles. The van der Waals surface area contributed by atoms with Crippen molar-refractivity contribution in [1.29, 1.82) is 0 Å². The topological polar surface area (TPSA) is 102 Å². The summed E-state index contributed by atoms with van der Waals surface area (Å²) >= 11 is 0. The Kier molecular flexibility index (Phi) is 5.81. The van der Waals surface area contributed by atoms with Gasteiger partial charge in [0.1, 0.15) is 5.75 Å². The van der Waals surface area contributed by atoms with Crippen LogP contribution in [0.3, 0.4) is 0 Å². The van der Waals surface area contributed by atoms with Gasteiger partial charge in [-0.2, -0.15) is 0 Å². The van der Waals surface area contributed by atoms with Gasteiger partial charge in [-0.15, -0.1) is 0 Å². The number of benzene rings is 1. The number of rotatable bonds is 7. The molecule has 1 aromatic rings. The first kappa shape index (κ1) is 15.0. The molecule has 6 heteroatoms. The second-order valence-electron chi connectivity index (χ2n) is 4.09. The van der Waals surface area contributed by atoms with Gasteiger partial charge < -0.3 is 20.9 Å². The SMILES string of the molecule is CCCC(N)C(=O)Nc1ccc(OCC(=O)O)cc1. The average Bonchev–Trinajstić information content (AvgIpc) is 2.38. The molecule has 0 aromatic heterocycles. The second-order valence-corrected chi connectivity index (χ2v) is 4.09. The van der Waals surface area contributed by atoms with E-state index in [1.165, 1.54) is 0 Å². The molecule has 0 aliphatic rings. The molecule has 1 aromatic carbocycles. The molecule has 0 spiro atoms. The van der Waals surface area contributed by atoms with E-state index in [-0.39, 0.29) is 5.91 Å². The second kappa shape index (κ2) is 7.38. The summed E-state index contributed by atoms with van der Waals surface area (Å²) in [6.07, 6.45) is 1.47. The molecule has 0 saturated carbocycles. The zero-order valence-electron chi connectivity index (χ0n) is 10.8. The summed E-state index contributed by atoms with van der Waals surface area (Å²) in [6.45, 7) is 1.56. The van der Waals surface area contributed by atoms with Gasteiger partial charge in [-0.3, -0.25) is 4.79 Å². The molecular formula is C13H18N2O4. The predicted octanol–water partition coefficient (Wildman–Crippen LogP) is 1.22. The van der Waals surface area contributed by atoms with Crippen molar-refractivity contribution in [2.24, 2.45) is 5.73 Å². The lowest BCUT2D eigenvalue weighted by Crippen LogP contribution is -2.35. The van der Waals surface area contributed by atoms with Crippen LogP contribution in [0.5, 0.6) is 5.75 Å². The van der Waals surface area contributed by atoms with Gasteiger partial charge in [0.25, 0.3) is 0 Å². The number of nitrogens with two attached hydrogens (primary N) is 1. The van der Waals surface area contributed by atoms with Crippen molar-refractivity contribution in [1.82, 2.24) is 0 Å². The number of carboxylic acids is 1. The van der Waals surface area contributed by atoms with Crippen LogP contribution >= 0.6 is 0 Å². The molecule has 0 radical (unpaired) electrons. The number of ether oxygens (including phenoxy) is 1. The number of carboxylic acid groups (broad SMARTS) is 1. The first-order valence-corrected chi connectivity index (χ1v) is 6.04. The van der Waals surface area contributed by atoms with Crippen molar-refractivity contribution in [3.8, 4) is 5.75 Å². The minimum Gasteiger partial charge on any atom is -0.482 e. The van der Waals surface area contributed by atoms with Crippen LogP contribution in [0.2, 0.25) is 0 Å². The Morgan fingerprint density at radius 1 is 1.37 bits per heavy atom. The fraction of sp³-hybridized carbons (Fsp3) is 0.385. The minimum atomic E-state index is -1.04. The normalized spacial score (nSPS) is 11.7. The maximum atomic E-state index is 11.7. The third kappa shape index (κ3) is 5.39. The molecule has 6 nitrogen and oxygen atoms in total. The Balaban J connectivity index is 2.52. The van der Waals surface area contributed by atoms with Crippen LogP contribution < -0.4 is 15.8 Å². The van der Waals surface area contributed by atoms with E-state index < -0.39 is 18.6 Å². The average molecular weight is 266 g/mol. The van der Waals surface area contributed by atoms with Crippen LogP contribution in [-0.4, -0.2) is 29.6 Å². The smallest absolute Gasteiger partial charge is 0.341 e. The number of nitrogens with one attached hydrogen (secondary N) is 1. The molecule has 1 atom stereocenters. The minimum absolute atomic E-state index is 0.235. The molecule has 1 amide bonds. The lowest BCUT2D eigenvalue weighted by Gasteiger charge is -2.11. The molecule has 104 valence electrons. The van der Waals surface area contributed by atoms with Crippen LogP contribution in [0.1, 0.15) is 19.8 Å². The van der Waals surface area contributed by atoms with Gasteiger partial charge in [0.05, 0.1) is 6.04 Å². The van der Waals surface area contributed by atoms with Crippen molar-refractivity contribution >= 4 is 17.6 Å². The molecule has 1 rings (SSSR count). The van der Waals surface area contributed by atoms with Crippen LogP contribution in [-0.2, 0) is 9.59 Å². The number of amides is 1. The molecule has 0 aliphatic heterocycles. The summed E-state index contributed by atoms with van der Waals surface area (Å²) < 4.78 is 4.98. The van der Waals surface area contributed by atoms with Crippen molar-refractivity contribution in [2.75, 3.05) is 11.9 Å². The molecule has 4 N–H and O–H groups in total. The van der Waals surface area contributed by atoms with E-state index in [9.17, 15) is 9.59 Å². The Labute approximate surface area is 111 Å². The number of aliphatic carboxylic acids is 1. The molecule has 19 heavy (non-hydrogen) atoms. The van der Waals surface area contributed by atoms with Gasteiger partial charge in [0, 0.05) is 5.69 Å². The number of carbonyl (C=O) groups is 2. The van der Waals surface area contributed by atoms with Crippen LogP contribution in [0.4, 0.5) is 5.69 Å². The Hall–Kier alpha value is -2.08. The molecule has 0 aliphatic carbocycles. The van der Waals surface area contributed by atoms with E-state index >= 15 is 0 Å². The van der Waals surface area contributed by atoms with Crippen molar-refractivity contribution in [2.45, 2.75) is 25.8 Å². The standard InChI is InChI=1S/C13H18N2O4/c1-2-3-11(14)13(18)15-9-4-6-10(7-5-9)19-8-12(16)17/h4-7,11H,2-3,8,14H2,1H3,(H,15,18)(H,16,17). The number of carbonyl (C=O) groups excluding carboxylic acids is 1. The summed E-state index contributed by atoms with van der Waals surface area (Å²) in [6, 6.07) is 5.92. The quantitative estimate of drug-likeness (QED) is 0.688. The van der Waals surface area contributed by atoms with Crippen molar-refractivity contribution < 1.29 is 19.4 Å². The van der Waals surface area contributed by atoms with E-state index in [1.54, 1.807) is 24.3 Å². The number of hydrogen-bond acceptors (Lipinski definition) is 4. The van der Waals surface area contributed by atoms with E-state index in [1.807, 2.05) is 6.92 Å². The highest BCUT2D eigenvalue weighted by Gasteiger charge is 2.12. The van der Waals surface area contributed by atoms with Crippen molar-refractivity contribution in [3.05, 3.63) is 24.3 Å². The first-order valence-electron chi connectivity index (χ1n) is 6.04. The maximum Gasteiger partial charge on any atom is 0.341 e. The van der Waals surface area contributed by atoms with Gasteiger partial charge in [-0.05, 0) is 30.7 Å². The third-order valence-corrected chi connectivity index (χ3v) is 2.42. The van der Waals surface area contributed by atoms with Gasteiger partial charge >= 0.3 is 5.97 Å². The predicted molar refractivity (Wildman–Crippen MR) is 71.1 cm³/mol. The molecule has 1 unspecified atom stereocenters. The fourth-order valence-electron chi connectivity index (χ4n) is 1.46. The van der Waals surface area contributed by atoms with Crippen molar-refractivity contribution in [3.63, 3.8) is 0 Å². The van der Waals surface area contributed by atoms with E-state index in [0.29, 0.717) is 17.9 Å². The van der Waals surface area contributed by atoms with E-state index in [4.69, 9.17) is 15.6 Å². The lowest BCUT2D eigenvalue weighted by atomic mass is 10.1. The largest absolute Gasteiger partial charge is 0.482 e. The Morgan fingerprint density at radius 3 is 2.53 bits per heavy atom. The van der Waals surface area contributed by atoms with Crippen LogP contribution in [0, 0.1) is 0 Å². The molecular weight excluding hydrogens is 248 g/mol. The zero-order chi connectivity index (χ0) is 14.3. The maximum absolute atomic E-state index is 11.7. The number of anilines is 1. The zero-order valence-corrected chi connectivity index (χ0v) is 10.8. The number of hydrogen-bond donors (Lipinski definition) is 3. The van der Waals surface area contributed by atoms with Gasteiger partial charge in [0.15, 0.2) is 6.61 Å². The summed E-state index contributed by atoms with van der Waals surface area (Å²) in [5.74, 6) is -0.845. The molecule has 0 fully saturated rings. The van der Waals surface area contributed by atoms with Gasteiger partial charge in [-0.25, -0.2) is 4.79 Å². The van der Waals surface area contributed by atoms with Crippen LogP contribution in [0.15, 0.2) is 24.3 Å². The Bertz CT molecular complexity index is 431. The molecule has 0 heterocycles.